The van der Waals surface area contributed by atoms with Crippen LogP contribution in [0, 0.1) is 0 Å². The fraction of sp³-hybridized carbons (Fsp3) is 0.333. The molecule has 12 heavy (non-hydrogen) atoms. The molecule has 0 radical (unpaired) electrons. The molecule has 70 valence electrons. The summed E-state index contributed by atoms with van der Waals surface area (Å²) in [6.07, 6.45) is 0. The van der Waals surface area contributed by atoms with Crippen molar-refractivity contribution in [1.29, 1.82) is 0 Å². The van der Waals surface area contributed by atoms with Crippen molar-refractivity contribution >= 4 is 35.1 Å². The van der Waals surface area contributed by atoms with Crippen molar-refractivity contribution in [2.75, 3.05) is 6.54 Å². The molecule has 0 aromatic carbocycles. The molecule has 0 atom stereocenters. The maximum absolute atomic E-state index is 9.62. The quantitative estimate of drug-likeness (QED) is 0.305. The maximum atomic E-state index is 9.62. The smallest absolute Gasteiger partial charge is 0.548 e. The van der Waals surface area contributed by atoms with Crippen LogP contribution < -0.4 is 10.4 Å². The summed E-state index contributed by atoms with van der Waals surface area (Å²) in [6.45, 7) is -0.303. The standard InChI is InChI=1S/C3H5NO2S2.3H2O.Zn/c5-2(6)1-4-3(7)8;;;;/h1H2,(H,5,6)(H2,4,7,8);3*1H2;/q;;;;+2/p-2. The summed E-state index contributed by atoms with van der Waals surface area (Å²) >= 11 is 8.65. The molecule has 0 fully saturated rings. The van der Waals surface area contributed by atoms with Crippen molar-refractivity contribution in [1.82, 2.24) is 5.32 Å². The normalized spacial score (nSPS) is 5.33. The first-order chi connectivity index (χ1) is 3.63. The van der Waals surface area contributed by atoms with Gasteiger partial charge in [-0.3, -0.25) is 0 Å². The van der Waals surface area contributed by atoms with Gasteiger partial charge in [-0.2, -0.15) is 0 Å². The number of rotatable bonds is 2. The summed E-state index contributed by atoms with van der Waals surface area (Å²) in [6, 6.07) is 0. The van der Waals surface area contributed by atoms with Crippen molar-refractivity contribution in [2.24, 2.45) is 0 Å². The van der Waals surface area contributed by atoms with Crippen LogP contribution in [0.2, 0.25) is 0 Å². The van der Waals surface area contributed by atoms with Gasteiger partial charge in [0.1, 0.15) is 0 Å². The first-order valence-corrected chi connectivity index (χ1v) is 2.59. The molecule has 0 heterocycles. The SMILES string of the molecule is O.O.O.O=C([O-])CNC(=S)[S-].[Zn+2]. The van der Waals surface area contributed by atoms with Crippen LogP contribution in [0.4, 0.5) is 0 Å². The Morgan fingerprint density at radius 1 is 1.42 bits per heavy atom. The molecule has 0 aromatic heterocycles. The Balaban J connectivity index is -0.0000000408. The molecule has 0 aliphatic carbocycles. The molecule has 9 heteroatoms. The molecular formula is C3H9NO5S2Zn. The Morgan fingerprint density at radius 3 is 1.83 bits per heavy atom. The minimum atomic E-state index is -1.21. The number of hydrogen-bond acceptors (Lipinski definition) is 4. The summed E-state index contributed by atoms with van der Waals surface area (Å²) in [5.74, 6) is -1.21. The number of carboxylic acid groups (broad SMARTS) is 1. The van der Waals surface area contributed by atoms with Gasteiger partial charge in [-0.25, -0.2) is 0 Å². The zero-order valence-corrected chi connectivity index (χ0v) is 10.6. The van der Waals surface area contributed by atoms with Crippen molar-refractivity contribution in [3.8, 4) is 0 Å². The first-order valence-electron chi connectivity index (χ1n) is 1.77. The molecule has 0 saturated carbocycles. The second-order valence-corrected chi connectivity index (χ2v) is 2.09. The van der Waals surface area contributed by atoms with Crippen LogP contribution in [-0.2, 0) is 36.9 Å². The summed E-state index contributed by atoms with van der Waals surface area (Å²) in [5, 5.41) is 11.9. The predicted octanol–water partition coefficient (Wildman–Crippen LogP) is -4.32. The van der Waals surface area contributed by atoms with Gasteiger partial charge in [0.2, 0.25) is 0 Å². The fourth-order valence-corrected chi connectivity index (χ4v) is 0.289. The topological polar surface area (TPSA) is 147 Å². The van der Waals surface area contributed by atoms with E-state index in [9.17, 15) is 9.90 Å². The van der Waals surface area contributed by atoms with E-state index in [2.05, 4.69) is 30.2 Å². The Morgan fingerprint density at radius 2 is 1.75 bits per heavy atom. The number of nitrogens with one attached hydrogen (secondary N) is 1. The van der Waals surface area contributed by atoms with Gasteiger partial charge >= 0.3 is 19.5 Å². The Hall–Kier alpha value is 0.0834. The first kappa shape index (κ1) is 29.6. The summed E-state index contributed by atoms with van der Waals surface area (Å²) in [4.78, 5) is 9.62. The van der Waals surface area contributed by atoms with Crippen LogP contribution in [0.25, 0.3) is 0 Å². The molecule has 0 aliphatic heterocycles. The second kappa shape index (κ2) is 17.2. The minimum Gasteiger partial charge on any atom is -0.548 e. The Bertz CT molecular complexity index is 109. The molecule has 0 aliphatic rings. The number of carbonyl (C=O) groups is 1. The van der Waals surface area contributed by atoms with Crippen molar-refractivity contribution in [2.45, 2.75) is 0 Å². The number of thiocarbonyl (C=S) groups is 1. The maximum Gasteiger partial charge on any atom is 2.00 e. The summed E-state index contributed by atoms with van der Waals surface area (Å²) in [7, 11) is 0. The molecule has 0 amide bonds. The van der Waals surface area contributed by atoms with Crippen LogP contribution in [0.5, 0.6) is 0 Å². The molecule has 0 rings (SSSR count). The van der Waals surface area contributed by atoms with E-state index in [0.717, 1.165) is 0 Å². The van der Waals surface area contributed by atoms with E-state index in [-0.39, 0.29) is 46.8 Å². The van der Waals surface area contributed by atoms with E-state index >= 15 is 0 Å². The largest absolute Gasteiger partial charge is 2.00 e. The van der Waals surface area contributed by atoms with Gasteiger partial charge in [-0.1, -0.05) is 4.32 Å². The van der Waals surface area contributed by atoms with E-state index in [1.807, 2.05) is 0 Å². The van der Waals surface area contributed by atoms with Gasteiger partial charge in [0.05, 0.1) is 12.5 Å². The number of carbonyl (C=O) groups excluding carboxylic acids is 1. The number of carboxylic acids is 1. The van der Waals surface area contributed by atoms with E-state index in [0.29, 0.717) is 0 Å². The summed E-state index contributed by atoms with van der Waals surface area (Å²) in [5.41, 5.74) is 0. The van der Waals surface area contributed by atoms with Gasteiger partial charge < -0.3 is 56.5 Å². The van der Waals surface area contributed by atoms with Gasteiger partial charge in [-0.15, -0.1) is 0 Å². The zero-order chi connectivity index (χ0) is 6.57. The monoisotopic (exact) mass is 267 g/mol. The third-order valence-electron chi connectivity index (χ3n) is 0.377. The van der Waals surface area contributed by atoms with Crippen LogP contribution in [0.15, 0.2) is 0 Å². The third-order valence-corrected chi connectivity index (χ3v) is 0.666. The number of hydrogen-bond donors (Lipinski definition) is 1. The molecule has 0 saturated heterocycles. The van der Waals surface area contributed by atoms with Crippen molar-refractivity contribution < 1.29 is 45.8 Å². The van der Waals surface area contributed by atoms with Gasteiger partial charge in [0, 0.05) is 0 Å². The van der Waals surface area contributed by atoms with Crippen LogP contribution in [-0.4, -0.2) is 33.3 Å². The predicted molar refractivity (Wildman–Crippen MR) is 43.8 cm³/mol. The average Bonchev–Trinajstić information content (AvgIpc) is 1.61. The van der Waals surface area contributed by atoms with Crippen LogP contribution in [0.3, 0.4) is 0 Å². The van der Waals surface area contributed by atoms with Gasteiger partial charge in [-0.05, 0) is 0 Å². The van der Waals surface area contributed by atoms with Crippen LogP contribution in [0.1, 0.15) is 0 Å². The number of aliphatic carboxylic acids is 1. The van der Waals surface area contributed by atoms with E-state index in [4.69, 9.17) is 0 Å². The van der Waals surface area contributed by atoms with Crippen molar-refractivity contribution in [3.05, 3.63) is 0 Å². The van der Waals surface area contributed by atoms with E-state index in [1.165, 1.54) is 0 Å². The molecule has 0 spiro atoms. The Kier molecular flexibility index (Phi) is 42.5. The second-order valence-electron chi connectivity index (χ2n) is 1.01. The van der Waals surface area contributed by atoms with Gasteiger partial charge in [0.15, 0.2) is 0 Å². The summed E-state index contributed by atoms with van der Waals surface area (Å²) < 4.78 is 0.0502. The zero-order valence-electron chi connectivity index (χ0n) is 6.05. The molecule has 0 bridgehead atoms. The third kappa shape index (κ3) is 32.2. The molecule has 7 N–H and O–H groups in total. The molecule has 0 unspecified atom stereocenters. The van der Waals surface area contributed by atoms with E-state index in [1.54, 1.807) is 0 Å². The Labute approximate surface area is 92.8 Å². The van der Waals surface area contributed by atoms with Crippen LogP contribution >= 0.6 is 12.2 Å². The molecule has 0 aromatic rings. The minimum absolute atomic E-state index is 0. The fourth-order valence-electron chi connectivity index (χ4n) is 0.144. The average molecular weight is 269 g/mol. The molecule has 6 nitrogen and oxygen atoms in total. The van der Waals surface area contributed by atoms with Gasteiger partial charge in [0.25, 0.3) is 0 Å². The van der Waals surface area contributed by atoms with E-state index < -0.39 is 5.97 Å². The van der Waals surface area contributed by atoms with Crippen molar-refractivity contribution in [3.63, 3.8) is 0 Å². The molecular weight excluding hydrogens is 260 g/mol.